The number of nitrogens with one attached hydrogen (secondary N) is 1. The highest BCUT2D eigenvalue weighted by Gasteiger charge is 2.11. The zero-order valence-electron chi connectivity index (χ0n) is 15.4. The minimum atomic E-state index is -0.977. The van der Waals surface area contributed by atoms with Crippen molar-refractivity contribution < 1.29 is 19.4 Å². The van der Waals surface area contributed by atoms with E-state index in [9.17, 15) is 9.59 Å². The number of amides is 1. The van der Waals surface area contributed by atoms with Gasteiger partial charge in [0.15, 0.2) is 0 Å². The fourth-order valence-electron chi connectivity index (χ4n) is 2.70. The summed E-state index contributed by atoms with van der Waals surface area (Å²) in [6, 6.07) is 15.4. The molecule has 7 nitrogen and oxygen atoms in total. The van der Waals surface area contributed by atoms with E-state index in [1.54, 1.807) is 24.3 Å². The van der Waals surface area contributed by atoms with Crippen LogP contribution in [0.4, 0.5) is 0 Å². The van der Waals surface area contributed by atoms with Gasteiger partial charge in [-0.05, 0) is 61.0 Å². The second kappa shape index (κ2) is 8.22. The third-order valence-corrected chi connectivity index (χ3v) is 4.14. The molecule has 0 atom stereocenters. The number of aromatic nitrogens is 1. The molecule has 3 aromatic rings. The molecule has 0 unspecified atom stereocenters. The molecule has 0 bridgehead atoms. The van der Waals surface area contributed by atoms with Crippen molar-refractivity contribution in [1.29, 1.82) is 0 Å². The SMILES string of the molecule is COc1cc(C)ccc1C(=O)N/N=C\c1cccn1-c1ccc(C(=O)O)cc1. The number of carbonyl (C=O) groups is 2. The predicted molar refractivity (Wildman–Crippen MR) is 106 cm³/mol. The van der Waals surface area contributed by atoms with E-state index >= 15 is 0 Å². The van der Waals surface area contributed by atoms with E-state index in [4.69, 9.17) is 9.84 Å². The quantitative estimate of drug-likeness (QED) is 0.509. The van der Waals surface area contributed by atoms with Gasteiger partial charge in [0.2, 0.25) is 0 Å². The van der Waals surface area contributed by atoms with Gasteiger partial charge in [0, 0.05) is 11.9 Å². The number of hydrogen-bond acceptors (Lipinski definition) is 4. The number of ether oxygens (including phenoxy) is 1. The standard InChI is InChI=1S/C21H19N3O4/c1-14-5-10-18(19(12-14)28-2)20(25)23-22-13-17-4-3-11-24(17)16-8-6-15(7-9-16)21(26)27/h3-13H,1-2H3,(H,23,25)(H,26,27)/b22-13-. The summed E-state index contributed by atoms with van der Waals surface area (Å²) in [4.78, 5) is 23.3. The normalized spacial score (nSPS) is 10.8. The van der Waals surface area contributed by atoms with Crippen molar-refractivity contribution in [1.82, 2.24) is 9.99 Å². The first-order valence-corrected chi connectivity index (χ1v) is 8.48. The van der Waals surface area contributed by atoms with Crippen LogP contribution in [-0.4, -0.2) is 34.9 Å². The van der Waals surface area contributed by atoms with Crippen LogP contribution in [0.3, 0.4) is 0 Å². The van der Waals surface area contributed by atoms with Crippen LogP contribution in [0.5, 0.6) is 5.75 Å². The largest absolute Gasteiger partial charge is 0.496 e. The Morgan fingerprint density at radius 2 is 1.89 bits per heavy atom. The van der Waals surface area contributed by atoms with E-state index < -0.39 is 5.97 Å². The van der Waals surface area contributed by atoms with Gasteiger partial charge in [-0.3, -0.25) is 4.79 Å². The highest BCUT2D eigenvalue weighted by molar-refractivity contribution is 5.97. The van der Waals surface area contributed by atoms with Crippen LogP contribution in [0.2, 0.25) is 0 Å². The molecule has 0 fully saturated rings. The zero-order valence-corrected chi connectivity index (χ0v) is 15.4. The molecule has 1 aromatic heterocycles. The summed E-state index contributed by atoms with van der Waals surface area (Å²) in [5.74, 6) is -0.873. The summed E-state index contributed by atoms with van der Waals surface area (Å²) in [6.07, 6.45) is 3.34. The second-order valence-electron chi connectivity index (χ2n) is 6.06. The fourth-order valence-corrected chi connectivity index (χ4v) is 2.70. The Balaban J connectivity index is 1.75. The van der Waals surface area contributed by atoms with Gasteiger partial charge < -0.3 is 14.4 Å². The molecule has 3 rings (SSSR count). The van der Waals surface area contributed by atoms with E-state index in [0.29, 0.717) is 11.3 Å². The van der Waals surface area contributed by atoms with Crippen LogP contribution < -0.4 is 10.2 Å². The maximum atomic E-state index is 12.4. The van der Waals surface area contributed by atoms with E-state index in [1.807, 2.05) is 35.9 Å². The van der Waals surface area contributed by atoms with Crippen LogP contribution in [0.1, 0.15) is 32.0 Å². The molecule has 0 saturated heterocycles. The first kappa shape index (κ1) is 18.9. The molecule has 7 heteroatoms. The lowest BCUT2D eigenvalue weighted by molar-refractivity contribution is 0.0696. The van der Waals surface area contributed by atoms with Crippen LogP contribution in [-0.2, 0) is 0 Å². The number of carbonyl (C=O) groups excluding carboxylic acids is 1. The van der Waals surface area contributed by atoms with E-state index in [2.05, 4.69) is 10.5 Å². The molecule has 1 heterocycles. The Labute approximate surface area is 161 Å². The Bertz CT molecular complexity index is 1040. The second-order valence-corrected chi connectivity index (χ2v) is 6.06. The minimum Gasteiger partial charge on any atom is -0.496 e. The number of aromatic carboxylic acids is 1. The molecule has 0 aliphatic rings. The summed E-state index contributed by atoms with van der Waals surface area (Å²) in [5.41, 5.74) is 5.59. The summed E-state index contributed by atoms with van der Waals surface area (Å²) in [6.45, 7) is 1.92. The van der Waals surface area contributed by atoms with E-state index in [-0.39, 0.29) is 11.5 Å². The van der Waals surface area contributed by atoms with Crippen molar-refractivity contribution in [2.75, 3.05) is 7.11 Å². The Morgan fingerprint density at radius 1 is 1.14 bits per heavy atom. The number of benzene rings is 2. The van der Waals surface area contributed by atoms with Gasteiger partial charge in [-0.2, -0.15) is 5.10 Å². The molecule has 0 spiro atoms. The third kappa shape index (κ3) is 4.09. The van der Waals surface area contributed by atoms with Crippen molar-refractivity contribution in [2.24, 2.45) is 5.10 Å². The van der Waals surface area contributed by atoms with Gasteiger partial charge in [-0.15, -0.1) is 0 Å². The van der Waals surface area contributed by atoms with Crippen LogP contribution in [0.25, 0.3) is 5.69 Å². The van der Waals surface area contributed by atoms with Crippen molar-refractivity contribution in [2.45, 2.75) is 6.92 Å². The number of methoxy groups -OCH3 is 1. The third-order valence-electron chi connectivity index (χ3n) is 4.14. The van der Waals surface area contributed by atoms with Crippen molar-refractivity contribution >= 4 is 18.1 Å². The monoisotopic (exact) mass is 377 g/mol. The molecule has 0 aliphatic carbocycles. The van der Waals surface area contributed by atoms with E-state index in [0.717, 1.165) is 16.9 Å². The summed E-state index contributed by atoms with van der Waals surface area (Å²) in [7, 11) is 1.51. The number of carboxylic acids is 1. The molecule has 28 heavy (non-hydrogen) atoms. The number of nitrogens with zero attached hydrogens (tertiary/aromatic N) is 2. The zero-order chi connectivity index (χ0) is 20.1. The van der Waals surface area contributed by atoms with Crippen molar-refractivity contribution in [3.05, 3.63) is 83.2 Å². The van der Waals surface area contributed by atoms with Crippen molar-refractivity contribution in [3.8, 4) is 11.4 Å². The maximum absolute atomic E-state index is 12.4. The molecule has 142 valence electrons. The lowest BCUT2D eigenvalue weighted by atomic mass is 10.1. The first-order valence-electron chi connectivity index (χ1n) is 8.48. The van der Waals surface area contributed by atoms with Gasteiger partial charge in [0.05, 0.1) is 30.1 Å². The lowest BCUT2D eigenvalue weighted by Gasteiger charge is -2.08. The molecular weight excluding hydrogens is 358 g/mol. The number of hydrogen-bond donors (Lipinski definition) is 2. The van der Waals surface area contributed by atoms with Gasteiger partial charge >= 0.3 is 5.97 Å². The molecule has 0 radical (unpaired) electrons. The van der Waals surface area contributed by atoms with Crippen LogP contribution in [0, 0.1) is 6.92 Å². The molecular formula is C21H19N3O4. The average Bonchev–Trinajstić information content (AvgIpc) is 3.16. The van der Waals surface area contributed by atoms with Crippen LogP contribution >= 0.6 is 0 Å². The number of hydrazone groups is 1. The van der Waals surface area contributed by atoms with Crippen molar-refractivity contribution in [3.63, 3.8) is 0 Å². The predicted octanol–water partition coefficient (Wildman–Crippen LogP) is 3.26. The van der Waals surface area contributed by atoms with Gasteiger partial charge in [-0.1, -0.05) is 6.07 Å². The molecule has 0 aliphatic heterocycles. The number of aryl methyl sites for hydroxylation is 1. The van der Waals surface area contributed by atoms with Crippen LogP contribution in [0.15, 0.2) is 65.9 Å². The summed E-state index contributed by atoms with van der Waals surface area (Å²) in [5, 5.41) is 13.0. The smallest absolute Gasteiger partial charge is 0.335 e. The molecule has 0 saturated carbocycles. The Hall–Kier alpha value is -3.87. The highest BCUT2D eigenvalue weighted by Crippen LogP contribution is 2.19. The first-order chi connectivity index (χ1) is 13.5. The topological polar surface area (TPSA) is 92.9 Å². The van der Waals surface area contributed by atoms with Gasteiger partial charge in [0.1, 0.15) is 5.75 Å². The Morgan fingerprint density at radius 3 is 2.57 bits per heavy atom. The summed E-state index contributed by atoms with van der Waals surface area (Å²) >= 11 is 0. The average molecular weight is 377 g/mol. The Kier molecular flexibility index (Phi) is 5.55. The molecule has 2 N–H and O–H groups in total. The highest BCUT2D eigenvalue weighted by atomic mass is 16.5. The number of rotatable bonds is 6. The summed E-state index contributed by atoms with van der Waals surface area (Å²) < 4.78 is 7.07. The van der Waals surface area contributed by atoms with Gasteiger partial charge in [-0.25, -0.2) is 10.2 Å². The van der Waals surface area contributed by atoms with E-state index in [1.165, 1.54) is 25.5 Å². The maximum Gasteiger partial charge on any atom is 0.335 e. The fraction of sp³-hybridized carbons (Fsp3) is 0.0952. The minimum absolute atomic E-state index is 0.213. The number of carboxylic acid groups (broad SMARTS) is 1. The molecule has 2 aromatic carbocycles. The molecule has 1 amide bonds. The van der Waals surface area contributed by atoms with Gasteiger partial charge in [0.25, 0.3) is 5.91 Å². The lowest BCUT2D eigenvalue weighted by Crippen LogP contribution is -2.18.